The van der Waals surface area contributed by atoms with Gasteiger partial charge in [-0.2, -0.15) is 0 Å². The van der Waals surface area contributed by atoms with Crippen molar-refractivity contribution in [1.82, 2.24) is 4.98 Å². The Labute approximate surface area is 130 Å². The summed E-state index contributed by atoms with van der Waals surface area (Å²) in [6.45, 7) is 9.24. The van der Waals surface area contributed by atoms with E-state index in [1.54, 1.807) is 12.3 Å². The van der Waals surface area contributed by atoms with E-state index in [9.17, 15) is 5.11 Å². The Bertz CT molecular complexity index is 408. The van der Waals surface area contributed by atoms with Crippen LogP contribution in [0.25, 0.3) is 0 Å². The molecule has 2 unspecified atom stereocenters. The van der Waals surface area contributed by atoms with Gasteiger partial charge in [0.05, 0.1) is 6.10 Å². The fourth-order valence-corrected chi connectivity index (χ4v) is 3.02. The van der Waals surface area contributed by atoms with Gasteiger partial charge >= 0.3 is 0 Å². The maximum atomic E-state index is 10.3. The van der Waals surface area contributed by atoms with Crippen LogP contribution in [0.3, 0.4) is 0 Å². The minimum absolute atomic E-state index is 0.432. The quantitative estimate of drug-likeness (QED) is 0.700. The van der Waals surface area contributed by atoms with E-state index in [1.165, 1.54) is 19.3 Å². The van der Waals surface area contributed by atoms with E-state index >= 15 is 0 Å². The number of hydrogen-bond donors (Lipinski definition) is 2. The molecule has 21 heavy (non-hydrogen) atoms. The highest BCUT2D eigenvalue weighted by Crippen LogP contribution is 2.29. The lowest BCUT2D eigenvalue weighted by molar-refractivity contribution is 0.149. The van der Waals surface area contributed by atoms with Gasteiger partial charge in [0.15, 0.2) is 0 Å². The fourth-order valence-electron chi connectivity index (χ4n) is 3.02. The second kappa shape index (κ2) is 9.04. The summed E-state index contributed by atoms with van der Waals surface area (Å²) < 4.78 is 0. The molecule has 1 aromatic heterocycles. The van der Waals surface area contributed by atoms with E-state index in [2.05, 4.69) is 32.7 Å². The van der Waals surface area contributed by atoms with Crippen molar-refractivity contribution in [3.05, 3.63) is 23.9 Å². The molecule has 0 aliphatic rings. The zero-order chi connectivity index (χ0) is 15.8. The lowest BCUT2D eigenvalue weighted by Gasteiger charge is -2.24. The molecule has 3 nitrogen and oxygen atoms in total. The second-order valence-electron chi connectivity index (χ2n) is 6.69. The summed E-state index contributed by atoms with van der Waals surface area (Å²) in [5.41, 5.74) is 6.54. The van der Waals surface area contributed by atoms with Crippen LogP contribution in [0.15, 0.2) is 18.3 Å². The molecule has 0 saturated heterocycles. The van der Waals surface area contributed by atoms with Gasteiger partial charge in [0.25, 0.3) is 0 Å². The van der Waals surface area contributed by atoms with E-state index in [1.807, 2.05) is 6.07 Å². The summed E-state index contributed by atoms with van der Waals surface area (Å²) in [7, 11) is 0. The van der Waals surface area contributed by atoms with Crippen molar-refractivity contribution in [3.63, 3.8) is 0 Å². The number of nitrogens with two attached hydrogens (primary N) is 1. The largest absolute Gasteiger partial charge is 0.388 e. The first-order valence-electron chi connectivity index (χ1n) is 8.33. The molecule has 3 heteroatoms. The van der Waals surface area contributed by atoms with Crippen LogP contribution in [-0.4, -0.2) is 10.1 Å². The molecule has 1 rings (SSSR count). The SMILES string of the molecule is CCC[C@@H](C)C[C@@H](C)C(C)CCC(O)c1ccnc(N)c1. The van der Waals surface area contributed by atoms with Crippen LogP contribution in [0, 0.1) is 17.8 Å². The predicted octanol–water partition coefficient (Wildman–Crippen LogP) is 4.58. The highest BCUT2D eigenvalue weighted by atomic mass is 16.3. The minimum Gasteiger partial charge on any atom is -0.388 e. The Balaban J connectivity index is 2.39. The van der Waals surface area contributed by atoms with Crippen molar-refractivity contribution >= 4 is 5.82 Å². The Hall–Kier alpha value is -1.09. The van der Waals surface area contributed by atoms with Gasteiger partial charge in [-0.25, -0.2) is 4.98 Å². The van der Waals surface area contributed by atoms with Crippen LogP contribution in [0.5, 0.6) is 0 Å². The molecule has 0 amide bonds. The summed E-state index contributed by atoms with van der Waals surface area (Å²) >= 11 is 0. The third-order valence-corrected chi connectivity index (χ3v) is 4.61. The van der Waals surface area contributed by atoms with Gasteiger partial charge in [-0.15, -0.1) is 0 Å². The zero-order valence-corrected chi connectivity index (χ0v) is 14.0. The molecule has 120 valence electrons. The van der Waals surface area contributed by atoms with Crippen molar-refractivity contribution in [1.29, 1.82) is 0 Å². The lowest BCUT2D eigenvalue weighted by atomic mass is 9.83. The number of rotatable bonds is 9. The third-order valence-electron chi connectivity index (χ3n) is 4.61. The number of aliphatic hydroxyl groups is 1. The van der Waals surface area contributed by atoms with Crippen molar-refractivity contribution in [3.8, 4) is 0 Å². The van der Waals surface area contributed by atoms with Crippen LogP contribution < -0.4 is 5.73 Å². The molecular weight excluding hydrogens is 260 g/mol. The first-order valence-corrected chi connectivity index (χ1v) is 8.33. The van der Waals surface area contributed by atoms with E-state index in [-0.39, 0.29) is 0 Å². The van der Waals surface area contributed by atoms with Crippen LogP contribution in [0.4, 0.5) is 5.82 Å². The smallest absolute Gasteiger partial charge is 0.123 e. The maximum Gasteiger partial charge on any atom is 0.123 e. The highest BCUT2D eigenvalue weighted by Gasteiger charge is 2.17. The summed E-state index contributed by atoms with van der Waals surface area (Å²) in [5.74, 6) is 2.62. The topological polar surface area (TPSA) is 59.1 Å². The highest BCUT2D eigenvalue weighted by molar-refractivity contribution is 5.32. The minimum atomic E-state index is -0.432. The van der Waals surface area contributed by atoms with Crippen LogP contribution in [-0.2, 0) is 0 Å². The van der Waals surface area contributed by atoms with E-state index < -0.39 is 6.10 Å². The molecule has 0 aromatic carbocycles. The van der Waals surface area contributed by atoms with Gasteiger partial charge in [-0.3, -0.25) is 0 Å². The van der Waals surface area contributed by atoms with E-state index in [0.717, 1.165) is 24.3 Å². The Morgan fingerprint density at radius 2 is 1.86 bits per heavy atom. The normalized spacial score (nSPS) is 17.2. The average Bonchev–Trinajstić information content (AvgIpc) is 2.44. The second-order valence-corrected chi connectivity index (χ2v) is 6.69. The molecule has 4 atom stereocenters. The molecule has 3 N–H and O–H groups in total. The van der Waals surface area contributed by atoms with Crippen LogP contribution in [0.1, 0.15) is 71.5 Å². The Morgan fingerprint density at radius 3 is 2.48 bits per heavy atom. The fraction of sp³-hybridized carbons (Fsp3) is 0.722. The van der Waals surface area contributed by atoms with Crippen molar-refractivity contribution in [2.45, 2.75) is 65.9 Å². The summed E-state index contributed by atoms with van der Waals surface area (Å²) in [5, 5.41) is 10.3. The molecule has 1 heterocycles. The molecule has 0 aliphatic carbocycles. The molecule has 0 saturated carbocycles. The molecular formula is C18H32N2O. The monoisotopic (exact) mass is 292 g/mol. The molecule has 1 aromatic rings. The van der Waals surface area contributed by atoms with Crippen LogP contribution in [0.2, 0.25) is 0 Å². The third kappa shape index (κ3) is 6.47. The Kier molecular flexibility index (Phi) is 7.73. The van der Waals surface area contributed by atoms with E-state index in [0.29, 0.717) is 17.7 Å². The summed E-state index contributed by atoms with van der Waals surface area (Å²) in [6.07, 6.45) is 6.93. The maximum absolute atomic E-state index is 10.3. The van der Waals surface area contributed by atoms with Crippen LogP contribution >= 0.6 is 0 Å². The number of aliphatic hydroxyl groups excluding tert-OH is 1. The van der Waals surface area contributed by atoms with E-state index in [4.69, 9.17) is 5.73 Å². The van der Waals surface area contributed by atoms with Crippen molar-refractivity contribution in [2.24, 2.45) is 17.8 Å². The number of aromatic nitrogens is 1. The van der Waals surface area contributed by atoms with Crippen molar-refractivity contribution < 1.29 is 5.11 Å². The predicted molar refractivity (Wildman–Crippen MR) is 89.9 cm³/mol. The van der Waals surface area contributed by atoms with Crippen molar-refractivity contribution in [2.75, 3.05) is 5.73 Å². The standard InChI is InChI=1S/C18H32N2O/c1-5-6-13(2)11-15(4)14(3)7-8-17(21)16-9-10-20-18(19)12-16/h9-10,12-15,17,21H,5-8,11H2,1-4H3,(H2,19,20)/t13-,14?,15-,17?/m1/s1. The summed E-state index contributed by atoms with van der Waals surface area (Å²) in [4.78, 5) is 3.96. The molecule has 0 fully saturated rings. The number of nitrogen functional groups attached to an aromatic ring is 1. The molecule has 0 radical (unpaired) electrons. The Morgan fingerprint density at radius 1 is 1.14 bits per heavy atom. The molecule has 0 spiro atoms. The van der Waals surface area contributed by atoms with Gasteiger partial charge in [0.1, 0.15) is 5.82 Å². The average molecular weight is 292 g/mol. The van der Waals surface area contributed by atoms with Gasteiger partial charge < -0.3 is 10.8 Å². The number of anilines is 1. The molecule has 0 bridgehead atoms. The number of pyridine rings is 1. The molecule has 0 aliphatic heterocycles. The lowest BCUT2D eigenvalue weighted by Crippen LogP contribution is -2.13. The van der Waals surface area contributed by atoms with Gasteiger partial charge in [-0.1, -0.05) is 40.5 Å². The number of hydrogen-bond acceptors (Lipinski definition) is 3. The summed E-state index contributed by atoms with van der Waals surface area (Å²) in [6, 6.07) is 3.61. The van der Waals surface area contributed by atoms with Gasteiger partial charge in [0, 0.05) is 6.20 Å². The van der Waals surface area contributed by atoms with Gasteiger partial charge in [0.2, 0.25) is 0 Å². The first-order chi connectivity index (χ1) is 9.93. The first kappa shape index (κ1) is 18.0. The van der Waals surface area contributed by atoms with Gasteiger partial charge in [-0.05, 0) is 54.7 Å². The number of nitrogens with zero attached hydrogens (tertiary/aromatic N) is 1. The zero-order valence-electron chi connectivity index (χ0n) is 14.0.